The van der Waals surface area contributed by atoms with Crippen LogP contribution in [0.2, 0.25) is 0 Å². The van der Waals surface area contributed by atoms with E-state index >= 15 is 0 Å². The molecule has 0 unspecified atom stereocenters. The molecule has 0 radical (unpaired) electrons. The van der Waals surface area contributed by atoms with Gasteiger partial charge in [0.2, 0.25) is 0 Å². The van der Waals surface area contributed by atoms with Crippen molar-refractivity contribution in [3.8, 4) is 17.9 Å². The van der Waals surface area contributed by atoms with E-state index in [1.54, 1.807) is 7.11 Å². The van der Waals surface area contributed by atoms with Crippen LogP contribution in [0.5, 0.6) is 5.75 Å². The van der Waals surface area contributed by atoms with Gasteiger partial charge < -0.3 is 9.64 Å². The largest absolute Gasteiger partial charge is 0.497 e. The molecule has 4 saturated carbocycles. The van der Waals surface area contributed by atoms with Gasteiger partial charge in [0, 0.05) is 17.5 Å². The third kappa shape index (κ3) is 3.04. The molecule has 2 aliphatic heterocycles. The second-order valence-electron chi connectivity index (χ2n) is 12.1. The maximum Gasteiger partial charge on any atom is 0.177 e. The number of hydrogen-bond donors (Lipinski definition) is 0. The summed E-state index contributed by atoms with van der Waals surface area (Å²) in [6, 6.07) is 19.5. The SMILES string of the molecule is COc1cccc([C@@H]2[C@@H](C(=O)C34CC5CC(CC(C5)C3)C4)N3C=Cc4ccccc4[C@@H]3C2(C#N)C#N)c1. The van der Waals surface area contributed by atoms with Gasteiger partial charge in [0.05, 0.1) is 31.3 Å². The van der Waals surface area contributed by atoms with E-state index in [9.17, 15) is 15.3 Å². The zero-order valence-electron chi connectivity index (χ0n) is 21.1. The van der Waals surface area contributed by atoms with Crippen molar-refractivity contribution in [2.24, 2.45) is 28.6 Å². The smallest absolute Gasteiger partial charge is 0.177 e. The quantitative estimate of drug-likeness (QED) is 0.526. The van der Waals surface area contributed by atoms with Crippen LogP contribution < -0.4 is 4.74 Å². The molecular weight excluding hydrogens is 458 g/mol. The first-order valence-corrected chi connectivity index (χ1v) is 13.6. The van der Waals surface area contributed by atoms with E-state index in [0.29, 0.717) is 23.5 Å². The summed E-state index contributed by atoms with van der Waals surface area (Å²) in [6.45, 7) is 0. The fourth-order valence-corrected chi connectivity index (χ4v) is 9.23. The standard InChI is InChI=1S/C32H31N3O2/c1-37-25-7-4-6-24(14-25)27-28(30(36)31-15-20-11-21(16-31)13-22(12-20)17-31)35-10-9-23-5-2-3-8-26(23)29(35)32(27,18-33)19-34/h2-10,14,20-22,27-29H,11-13,15-17H2,1H3/t20?,21?,22?,27-,28+,29-,31?/m1/s1. The number of ether oxygens (including phenoxy) is 1. The van der Waals surface area contributed by atoms with Gasteiger partial charge in [-0.05, 0) is 91.2 Å². The molecule has 4 aliphatic carbocycles. The number of nitriles is 2. The lowest BCUT2D eigenvalue weighted by Crippen LogP contribution is -2.55. The molecule has 186 valence electrons. The average molecular weight is 490 g/mol. The molecule has 6 aliphatic rings. The Morgan fingerprint density at radius 3 is 2.30 bits per heavy atom. The van der Waals surface area contributed by atoms with Crippen LogP contribution in [0.15, 0.2) is 54.7 Å². The lowest BCUT2D eigenvalue weighted by molar-refractivity contribution is -0.148. The molecule has 0 aromatic heterocycles. The van der Waals surface area contributed by atoms with Gasteiger partial charge in [-0.1, -0.05) is 36.4 Å². The fraction of sp³-hybridized carbons (Fsp3) is 0.469. The highest BCUT2D eigenvalue weighted by atomic mass is 16.5. The van der Waals surface area contributed by atoms with Crippen molar-refractivity contribution in [3.63, 3.8) is 0 Å². The highest BCUT2D eigenvalue weighted by molar-refractivity contribution is 5.93. The minimum Gasteiger partial charge on any atom is -0.497 e. The van der Waals surface area contributed by atoms with Crippen LogP contribution in [0, 0.1) is 51.2 Å². The fourth-order valence-electron chi connectivity index (χ4n) is 9.23. The van der Waals surface area contributed by atoms with Crippen LogP contribution in [0.4, 0.5) is 0 Å². The number of benzene rings is 2. The zero-order chi connectivity index (χ0) is 25.4. The maximum absolute atomic E-state index is 15.0. The number of rotatable bonds is 4. The highest BCUT2D eigenvalue weighted by Gasteiger charge is 2.67. The van der Waals surface area contributed by atoms with E-state index < -0.39 is 23.4 Å². The molecule has 0 amide bonds. The molecule has 5 fully saturated rings. The number of hydrogen-bond acceptors (Lipinski definition) is 5. The second kappa shape index (κ2) is 7.96. The summed E-state index contributed by atoms with van der Waals surface area (Å²) in [7, 11) is 1.62. The summed E-state index contributed by atoms with van der Waals surface area (Å²) in [6.07, 6.45) is 10.7. The topological polar surface area (TPSA) is 77.1 Å². The van der Waals surface area contributed by atoms with Gasteiger partial charge in [0.25, 0.3) is 0 Å². The minimum atomic E-state index is -1.42. The van der Waals surface area contributed by atoms with E-state index in [1.165, 1.54) is 19.3 Å². The molecule has 37 heavy (non-hydrogen) atoms. The van der Waals surface area contributed by atoms with E-state index in [1.807, 2.05) is 60.8 Å². The Bertz CT molecular complexity index is 1350. The maximum atomic E-state index is 15.0. The van der Waals surface area contributed by atoms with Crippen LogP contribution >= 0.6 is 0 Å². The molecule has 0 N–H and O–H groups in total. The Morgan fingerprint density at radius 2 is 1.65 bits per heavy atom. The van der Waals surface area contributed by atoms with Gasteiger partial charge in [-0.2, -0.15) is 10.5 Å². The molecule has 5 heteroatoms. The van der Waals surface area contributed by atoms with Gasteiger partial charge in [0.1, 0.15) is 5.75 Å². The van der Waals surface area contributed by atoms with E-state index in [2.05, 4.69) is 17.0 Å². The Labute approximate surface area is 218 Å². The molecule has 4 bridgehead atoms. The van der Waals surface area contributed by atoms with Gasteiger partial charge in [-0.15, -0.1) is 0 Å². The van der Waals surface area contributed by atoms with Crippen molar-refractivity contribution < 1.29 is 9.53 Å². The molecule has 2 aromatic rings. The van der Waals surface area contributed by atoms with E-state index in [-0.39, 0.29) is 11.2 Å². The molecule has 0 spiro atoms. The summed E-state index contributed by atoms with van der Waals surface area (Å²) in [4.78, 5) is 17.1. The Kier molecular flexibility index (Phi) is 4.87. The number of fused-ring (bicyclic) bond motifs is 3. The lowest BCUT2D eigenvalue weighted by atomic mass is 9.47. The molecule has 1 saturated heterocycles. The van der Waals surface area contributed by atoms with Crippen LogP contribution in [0.3, 0.4) is 0 Å². The number of Topliss-reactive ketones (excluding diaryl/α,β-unsaturated/α-hetero) is 1. The Morgan fingerprint density at radius 1 is 0.973 bits per heavy atom. The van der Waals surface area contributed by atoms with Crippen LogP contribution in [-0.4, -0.2) is 23.8 Å². The lowest BCUT2D eigenvalue weighted by Gasteiger charge is -2.57. The summed E-state index contributed by atoms with van der Waals surface area (Å²) in [5.74, 6) is 2.25. The van der Waals surface area contributed by atoms with Crippen LogP contribution in [-0.2, 0) is 4.79 Å². The Hall–Kier alpha value is -3.57. The Balaban J connectivity index is 1.43. The predicted molar refractivity (Wildman–Crippen MR) is 139 cm³/mol. The predicted octanol–water partition coefficient (Wildman–Crippen LogP) is 6.01. The van der Waals surface area contributed by atoms with Crippen molar-refractivity contribution in [2.45, 2.75) is 56.5 Å². The van der Waals surface area contributed by atoms with Crippen molar-refractivity contribution in [3.05, 3.63) is 71.4 Å². The first kappa shape index (κ1) is 22.6. The van der Waals surface area contributed by atoms with Crippen LogP contribution in [0.1, 0.15) is 67.2 Å². The third-order valence-corrected chi connectivity index (χ3v) is 10.2. The van der Waals surface area contributed by atoms with Crippen molar-refractivity contribution in [2.75, 3.05) is 7.11 Å². The van der Waals surface area contributed by atoms with E-state index in [0.717, 1.165) is 36.0 Å². The number of carbonyl (C=O) groups is 1. The minimum absolute atomic E-state index is 0.251. The van der Waals surface area contributed by atoms with Crippen LogP contribution in [0.25, 0.3) is 6.08 Å². The number of ketones is 1. The van der Waals surface area contributed by atoms with E-state index in [4.69, 9.17) is 4.74 Å². The molecule has 3 atom stereocenters. The number of nitrogens with zero attached hydrogens (tertiary/aromatic N) is 3. The molecule has 5 nitrogen and oxygen atoms in total. The second-order valence-corrected chi connectivity index (χ2v) is 12.1. The highest BCUT2D eigenvalue weighted by Crippen LogP contribution is 2.65. The van der Waals surface area contributed by atoms with Crippen molar-refractivity contribution in [1.82, 2.24) is 4.90 Å². The first-order valence-electron chi connectivity index (χ1n) is 13.6. The summed E-state index contributed by atoms with van der Waals surface area (Å²) >= 11 is 0. The van der Waals surface area contributed by atoms with Crippen molar-refractivity contribution >= 4 is 11.9 Å². The summed E-state index contributed by atoms with van der Waals surface area (Å²) in [5.41, 5.74) is 1.02. The number of methoxy groups -OCH3 is 1. The van der Waals surface area contributed by atoms with Crippen molar-refractivity contribution in [1.29, 1.82) is 10.5 Å². The van der Waals surface area contributed by atoms with Gasteiger partial charge in [-0.25, -0.2) is 0 Å². The zero-order valence-corrected chi connectivity index (χ0v) is 21.1. The van der Waals surface area contributed by atoms with Gasteiger partial charge >= 0.3 is 0 Å². The number of carbonyl (C=O) groups excluding carboxylic acids is 1. The average Bonchev–Trinajstić information content (AvgIpc) is 3.23. The first-order chi connectivity index (χ1) is 18.0. The third-order valence-electron chi connectivity index (χ3n) is 10.2. The normalized spacial score (nSPS) is 35.8. The molecule has 2 heterocycles. The van der Waals surface area contributed by atoms with Gasteiger partial charge in [0.15, 0.2) is 11.2 Å². The molecule has 8 rings (SSSR count). The molecular formula is C32H31N3O2. The van der Waals surface area contributed by atoms with Gasteiger partial charge in [-0.3, -0.25) is 4.79 Å². The summed E-state index contributed by atoms with van der Waals surface area (Å²) < 4.78 is 5.54. The molecule has 2 aromatic carbocycles. The summed E-state index contributed by atoms with van der Waals surface area (Å²) in [5, 5.41) is 21.6. The monoisotopic (exact) mass is 489 g/mol.